The van der Waals surface area contributed by atoms with Gasteiger partial charge in [-0.1, -0.05) is 43.4 Å². The van der Waals surface area contributed by atoms with Crippen LogP contribution in [0.3, 0.4) is 0 Å². The predicted octanol–water partition coefficient (Wildman–Crippen LogP) is 3.29. The first-order valence-corrected chi connectivity index (χ1v) is 9.49. The summed E-state index contributed by atoms with van der Waals surface area (Å²) in [6.07, 6.45) is -0.0425. The Kier molecular flexibility index (Phi) is 5.77. The van der Waals surface area contributed by atoms with Crippen LogP contribution in [0.2, 0.25) is 18.1 Å². The minimum atomic E-state index is -1.82. The second-order valence-electron chi connectivity index (χ2n) is 5.25. The zero-order chi connectivity index (χ0) is 12.3. The topological polar surface area (TPSA) is 46.5 Å². The van der Waals surface area contributed by atoms with Crippen molar-refractivity contribution in [1.29, 1.82) is 0 Å². The van der Waals surface area contributed by atoms with Crippen molar-refractivity contribution in [1.82, 2.24) is 0 Å². The third-order valence-electron chi connectivity index (χ3n) is 2.84. The first-order valence-electron chi connectivity index (χ1n) is 5.05. The zero-order valence-electron chi connectivity index (χ0n) is 10.1. The maximum absolute atomic E-state index is 10.6. The minimum absolute atomic E-state index is 0.107. The van der Waals surface area contributed by atoms with Crippen LogP contribution < -0.4 is 0 Å². The fourth-order valence-electron chi connectivity index (χ4n) is 0.916. The van der Waals surface area contributed by atoms with E-state index in [9.17, 15) is 4.79 Å². The van der Waals surface area contributed by atoms with Crippen LogP contribution in [0.15, 0.2) is 0 Å². The number of hydrogen-bond donors (Lipinski definition) is 1. The third-order valence-corrected chi connectivity index (χ3v) is 8.36. The molecule has 0 bridgehead atoms. The van der Waals surface area contributed by atoms with Crippen molar-refractivity contribution in [3.8, 4) is 0 Å². The van der Waals surface area contributed by atoms with Gasteiger partial charge >= 0.3 is 5.97 Å². The Morgan fingerprint density at radius 3 is 2.20 bits per heavy atom. The number of halogens is 1. The molecule has 0 heterocycles. The van der Waals surface area contributed by atoms with Crippen molar-refractivity contribution < 1.29 is 14.3 Å². The average molecular weight is 344 g/mol. The van der Waals surface area contributed by atoms with Crippen LogP contribution in [0, 0.1) is 0 Å². The molecular formula is C10H21IO3Si. The van der Waals surface area contributed by atoms with Crippen molar-refractivity contribution in [3.63, 3.8) is 0 Å². The van der Waals surface area contributed by atoms with Crippen molar-refractivity contribution in [2.75, 3.05) is 4.43 Å². The Morgan fingerprint density at radius 1 is 1.47 bits per heavy atom. The molecule has 0 rings (SSSR count). The summed E-state index contributed by atoms with van der Waals surface area (Å²) >= 11 is 2.18. The predicted molar refractivity (Wildman–Crippen MR) is 73.2 cm³/mol. The molecule has 1 unspecified atom stereocenters. The molecule has 3 nitrogen and oxygen atoms in total. The van der Waals surface area contributed by atoms with Gasteiger partial charge in [-0.05, 0) is 18.1 Å². The summed E-state index contributed by atoms with van der Waals surface area (Å²) in [5.74, 6) is -0.782. The first-order chi connectivity index (χ1) is 6.60. The van der Waals surface area contributed by atoms with Gasteiger partial charge in [0.15, 0.2) is 8.32 Å². The minimum Gasteiger partial charge on any atom is -0.481 e. The number of aliphatic carboxylic acids is 1. The highest BCUT2D eigenvalue weighted by atomic mass is 127. The van der Waals surface area contributed by atoms with Gasteiger partial charge in [-0.3, -0.25) is 4.79 Å². The highest BCUT2D eigenvalue weighted by Crippen LogP contribution is 2.37. The molecule has 0 saturated heterocycles. The molecule has 1 atom stereocenters. The van der Waals surface area contributed by atoms with Crippen LogP contribution in [0.4, 0.5) is 0 Å². The van der Waals surface area contributed by atoms with Crippen LogP contribution in [-0.4, -0.2) is 29.9 Å². The molecule has 0 spiro atoms. The van der Waals surface area contributed by atoms with Gasteiger partial charge in [0, 0.05) is 4.43 Å². The summed E-state index contributed by atoms with van der Waals surface area (Å²) in [4.78, 5) is 10.6. The normalized spacial score (nSPS) is 15.1. The lowest BCUT2D eigenvalue weighted by atomic mass is 10.2. The van der Waals surface area contributed by atoms with Crippen LogP contribution in [0.25, 0.3) is 0 Å². The molecule has 0 aliphatic rings. The van der Waals surface area contributed by atoms with Gasteiger partial charge in [-0.15, -0.1) is 0 Å². The van der Waals surface area contributed by atoms with Crippen LogP contribution in [0.1, 0.15) is 27.2 Å². The van der Waals surface area contributed by atoms with E-state index in [2.05, 4.69) is 56.5 Å². The Balaban J connectivity index is 4.47. The SMILES string of the molecule is CC(C)(C)[Si](C)(C)OC(CI)CC(=O)O. The lowest BCUT2D eigenvalue weighted by Gasteiger charge is -2.38. The number of carbonyl (C=O) groups is 1. The summed E-state index contributed by atoms with van der Waals surface area (Å²) < 4.78 is 6.75. The molecule has 0 amide bonds. The molecule has 15 heavy (non-hydrogen) atoms. The van der Waals surface area contributed by atoms with E-state index in [1.54, 1.807) is 0 Å². The molecule has 5 heteroatoms. The highest BCUT2D eigenvalue weighted by Gasteiger charge is 2.39. The molecule has 0 aliphatic heterocycles. The van der Waals surface area contributed by atoms with Gasteiger partial charge in [0.05, 0.1) is 12.5 Å². The van der Waals surface area contributed by atoms with E-state index in [1.165, 1.54) is 0 Å². The summed E-state index contributed by atoms with van der Waals surface area (Å²) in [7, 11) is -1.82. The van der Waals surface area contributed by atoms with Crippen LogP contribution >= 0.6 is 22.6 Å². The summed E-state index contributed by atoms with van der Waals surface area (Å²) in [6.45, 7) is 10.8. The zero-order valence-corrected chi connectivity index (χ0v) is 13.3. The monoisotopic (exact) mass is 344 g/mol. The molecule has 90 valence electrons. The summed E-state index contributed by atoms with van der Waals surface area (Å²) in [5, 5.41) is 8.88. The second kappa shape index (κ2) is 5.63. The van der Waals surface area contributed by atoms with Crippen molar-refractivity contribution >= 4 is 36.9 Å². The first kappa shape index (κ1) is 15.4. The van der Waals surface area contributed by atoms with E-state index in [0.717, 1.165) is 4.43 Å². The largest absolute Gasteiger partial charge is 0.481 e. The van der Waals surface area contributed by atoms with Gasteiger partial charge in [0.25, 0.3) is 0 Å². The van der Waals surface area contributed by atoms with Gasteiger partial charge < -0.3 is 9.53 Å². The van der Waals surface area contributed by atoms with E-state index in [-0.39, 0.29) is 17.6 Å². The van der Waals surface area contributed by atoms with Gasteiger partial charge in [0.2, 0.25) is 0 Å². The summed E-state index contributed by atoms with van der Waals surface area (Å²) in [6, 6.07) is 0. The molecular weight excluding hydrogens is 323 g/mol. The van der Waals surface area contributed by atoms with Crippen molar-refractivity contribution in [2.24, 2.45) is 0 Å². The smallest absolute Gasteiger partial charge is 0.305 e. The number of carboxylic acid groups (broad SMARTS) is 1. The Labute approximate surface area is 107 Å². The number of rotatable bonds is 5. The van der Waals surface area contributed by atoms with Crippen molar-refractivity contribution in [2.45, 2.75) is 51.4 Å². The quantitative estimate of drug-likeness (QED) is 0.473. The average Bonchev–Trinajstić information content (AvgIpc) is 1.99. The van der Waals surface area contributed by atoms with Gasteiger partial charge in [0.1, 0.15) is 0 Å². The molecule has 0 aromatic heterocycles. The molecule has 0 aliphatic carbocycles. The Hall–Kier alpha value is 0.377. The van der Waals surface area contributed by atoms with E-state index in [1.807, 2.05) is 0 Å². The van der Waals surface area contributed by atoms with Crippen LogP contribution in [0.5, 0.6) is 0 Å². The number of hydrogen-bond acceptors (Lipinski definition) is 2. The molecule has 0 aromatic carbocycles. The molecule has 0 fully saturated rings. The molecule has 1 N–H and O–H groups in total. The molecule has 0 aromatic rings. The van der Waals surface area contributed by atoms with Gasteiger partial charge in [-0.2, -0.15) is 0 Å². The standard InChI is InChI=1S/C10H21IO3Si/c1-10(2,3)15(4,5)14-8(7-11)6-9(12)13/h8H,6-7H2,1-5H3,(H,12,13). The van der Waals surface area contributed by atoms with E-state index in [0.29, 0.717) is 0 Å². The third kappa shape index (κ3) is 5.30. The lowest BCUT2D eigenvalue weighted by Crippen LogP contribution is -2.44. The second-order valence-corrected chi connectivity index (χ2v) is 10.9. The fraction of sp³-hybridized carbons (Fsp3) is 0.900. The summed E-state index contributed by atoms with van der Waals surface area (Å²) in [5.41, 5.74) is 0. The number of alkyl halides is 1. The molecule has 0 saturated carbocycles. The lowest BCUT2D eigenvalue weighted by molar-refractivity contribution is -0.138. The maximum atomic E-state index is 10.6. The van der Waals surface area contributed by atoms with Gasteiger partial charge in [-0.25, -0.2) is 0 Å². The fourth-order valence-corrected chi connectivity index (χ4v) is 3.10. The highest BCUT2D eigenvalue weighted by molar-refractivity contribution is 14.1. The van der Waals surface area contributed by atoms with E-state index < -0.39 is 14.3 Å². The Morgan fingerprint density at radius 2 is 1.93 bits per heavy atom. The Bertz CT molecular complexity index is 223. The van der Waals surface area contributed by atoms with Crippen LogP contribution in [-0.2, 0) is 9.22 Å². The van der Waals surface area contributed by atoms with E-state index in [4.69, 9.17) is 9.53 Å². The van der Waals surface area contributed by atoms with Crippen molar-refractivity contribution in [3.05, 3.63) is 0 Å². The maximum Gasteiger partial charge on any atom is 0.305 e. The van der Waals surface area contributed by atoms with E-state index >= 15 is 0 Å². The molecule has 0 radical (unpaired) electrons. The number of carboxylic acids is 1.